The predicted octanol–water partition coefficient (Wildman–Crippen LogP) is 2.41. The van der Waals surface area contributed by atoms with Crippen molar-refractivity contribution >= 4 is 21.6 Å². The molecule has 0 aliphatic carbocycles. The second-order valence-electron chi connectivity index (χ2n) is 2.67. The minimum atomic E-state index is -0.488. The summed E-state index contributed by atoms with van der Waals surface area (Å²) in [4.78, 5) is 14.0. The minimum absolute atomic E-state index is 0.0559. The number of halogens is 1. The van der Waals surface area contributed by atoms with Crippen LogP contribution < -0.4 is 0 Å². The molecule has 0 bridgehead atoms. The number of rotatable bonds is 2. The first-order valence-electron chi connectivity index (χ1n) is 3.89. The SMILES string of the molecule is O=[N+]([O-])c1ccc(Br)cc1-c1ncon1. The fourth-order valence-electron chi connectivity index (χ4n) is 1.14. The molecule has 76 valence electrons. The van der Waals surface area contributed by atoms with Crippen LogP contribution in [0.1, 0.15) is 0 Å². The summed E-state index contributed by atoms with van der Waals surface area (Å²) in [5.41, 5.74) is 0.266. The minimum Gasteiger partial charge on any atom is -0.342 e. The standard InChI is InChI=1S/C8H4BrN3O3/c9-5-1-2-7(12(13)14)6(3-5)8-10-4-15-11-8/h1-4H. The van der Waals surface area contributed by atoms with E-state index in [0.29, 0.717) is 10.0 Å². The van der Waals surface area contributed by atoms with Crippen LogP contribution in [-0.2, 0) is 0 Å². The molecule has 0 radical (unpaired) electrons. The van der Waals surface area contributed by atoms with Gasteiger partial charge in [-0.1, -0.05) is 21.1 Å². The molecule has 0 aliphatic rings. The summed E-state index contributed by atoms with van der Waals surface area (Å²) in [5, 5.41) is 14.3. The average molecular weight is 270 g/mol. The Kier molecular flexibility index (Phi) is 2.46. The number of benzene rings is 1. The van der Waals surface area contributed by atoms with Gasteiger partial charge in [-0.2, -0.15) is 4.98 Å². The highest BCUT2D eigenvalue weighted by Gasteiger charge is 2.18. The molecule has 0 amide bonds. The molecule has 15 heavy (non-hydrogen) atoms. The fourth-order valence-corrected chi connectivity index (χ4v) is 1.50. The molecule has 1 aromatic carbocycles. The molecular formula is C8H4BrN3O3. The number of aromatic nitrogens is 2. The molecule has 0 saturated carbocycles. The van der Waals surface area contributed by atoms with Crippen molar-refractivity contribution in [2.24, 2.45) is 0 Å². The van der Waals surface area contributed by atoms with Gasteiger partial charge in [0.25, 0.3) is 5.69 Å². The smallest absolute Gasteiger partial charge is 0.280 e. The molecule has 0 unspecified atom stereocenters. The van der Waals surface area contributed by atoms with Crippen LogP contribution in [0.5, 0.6) is 0 Å². The van der Waals surface area contributed by atoms with E-state index in [1.165, 1.54) is 6.07 Å². The van der Waals surface area contributed by atoms with Gasteiger partial charge in [-0.25, -0.2) is 0 Å². The highest BCUT2D eigenvalue weighted by molar-refractivity contribution is 9.10. The molecule has 0 saturated heterocycles. The maximum atomic E-state index is 10.7. The summed E-state index contributed by atoms with van der Waals surface area (Å²) in [6.07, 6.45) is 1.12. The molecule has 1 aromatic heterocycles. The fraction of sp³-hybridized carbons (Fsp3) is 0. The number of nitro benzene ring substituents is 1. The zero-order valence-electron chi connectivity index (χ0n) is 7.25. The lowest BCUT2D eigenvalue weighted by Crippen LogP contribution is -1.92. The van der Waals surface area contributed by atoms with Crippen molar-refractivity contribution < 1.29 is 9.45 Å². The predicted molar refractivity (Wildman–Crippen MR) is 54.1 cm³/mol. The molecule has 0 atom stereocenters. The molecule has 6 nitrogen and oxygen atoms in total. The van der Waals surface area contributed by atoms with Crippen LogP contribution in [0.2, 0.25) is 0 Å². The summed E-state index contributed by atoms with van der Waals surface area (Å²) in [6.45, 7) is 0. The van der Waals surface area contributed by atoms with Gasteiger partial charge in [-0.3, -0.25) is 10.1 Å². The van der Waals surface area contributed by atoms with Gasteiger partial charge in [0.05, 0.1) is 4.92 Å². The van der Waals surface area contributed by atoms with Gasteiger partial charge in [0, 0.05) is 10.5 Å². The normalized spacial score (nSPS) is 10.2. The van der Waals surface area contributed by atoms with E-state index >= 15 is 0 Å². The van der Waals surface area contributed by atoms with Crippen LogP contribution in [0.3, 0.4) is 0 Å². The highest BCUT2D eigenvalue weighted by atomic mass is 79.9. The zero-order valence-corrected chi connectivity index (χ0v) is 8.84. The van der Waals surface area contributed by atoms with Crippen LogP contribution in [0.15, 0.2) is 33.6 Å². The van der Waals surface area contributed by atoms with Crippen molar-refractivity contribution in [3.8, 4) is 11.4 Å². The molecule has 0 N–H and O–H groups in total. The molecule has 2 aromatic rings. The van der Waals surface area contributed by atoms with E-state index < -0.39 is 4.92 Å². The first kappa shape index (κ1) is 9.78. The van der Waals surface area contributed by atoms with Crippen molar-refractivity contribution in [1.82, 2.24) is 10.1 Å². The molecular weight excluding hydrogens is 266 g/mol. The Morgan fingerprint density at radius 2 is 2.27 bits per heavy atom. The van der Waals surface area contributed by atoms with Crippen molar-refractivity contribution in [3.63, 3.8) is 0 Å². The Bertz CT molecular complexity index is 498. The third-order valence-electron chi connectivity index (χ3n) is 1.76. The van der Waals surface area contributed by atoms with Crippen LogP contribution in [0, 0.1) is 10.1 Å². The van der Waals surface area contributed by atoms with E-state index in [9.17, 15) is 10.1 Å². The Morgan fingerprint density at radius 3 is 2.87 bits per heavy atom. The van der Waals surface area contributed by atoms with E-state index in [2.05, 4.69) is 30.6 Å². The third kappa shape index (κ3) is 1.86. The summed E-state index contributed by atoms with van der Waals surface area (Å²) >= 11 is 3.22. The monoisotopic (exact) mass is 269 g/mol. The van der Waals surface area contributed by atoms with E-state index in [0.717, 1.165) is 6.39 Å². The lowest BCUT2D eigenvalue weighted by atomic mass is 10.2. The van der Waals surface area contributed by atoms with Gasteiger partial charge in [0.1, 0.15) is 5.56 Å². The Balaban J connectivity index is 2.63. The second kappa shape index (κ2) is 3.77. The van der Waals surface area contributed by atoms with E-state index in [1.54, 1.807) is 12.1 Å². The summed E-state index contributed by atoms with van der Waals surface area (Å²) in [7, 11) is 0. The lowest BCUT2D eigenvalue weighted by molar-refractivity contribution is -0.384. The first-order chi connectivity index (χ1) is 7.18. The number of nitrogens with zero attached hydrogens (tertiary/aromatic N) is 3. The largest absolute Gasteiger partial charge is 0.342 e. The van der Waals surface area contributed by atoms with Gasteiger partial charge in [-0.05, 0) is 12.1 Å². The maximum absolute atomic E-state index is 10.7. The van der Waals surface area contributed by atoms with E-state index in [1.807, 2.05) is 0 Å². The molecule has 0 fully saturated rings. The van der Waals surface area contributed by atoms with Gasteiger partial charge < -0.3 is 4.52 Å². The van der Waals surface area contributed by atoms with Gasteiger partial charge in [0.15, 0.2) is 0 Å². The third-order valence-corrected chi connectivity index (χ3v) is 2.25. The quantitative estimate of drug-likeness (QED) is 0.618. The highest BCUT2D eigenvalue weighted by Crippen LogP contribution is 2.29. The van der Waals surface area contributed by atoms with Crippen molar-refractivity contribution in [2.75, 3.05) is 0 Å². The van der Waals surface area contributed by atoms with Crippen molar-refractivity contribution in [1.29, 1.82) is 0 Å². The number of nitro groups is 1. The van der Waals surface area contributed by atoms with Crippen LogP contribution in [-0.4, -0.2) is 15.1 Å². The number of hydrogen-bond acceptors (Lipinski definition) is 5. The van der Waals surface area contributed by atoms with Crippen molar-refractivity contribution in [3.05, 3.63) is 39.2 Å². The lowest BCUT2D eigenvalue weighted by Gasteiger charge is -1.98. The average Bonchev–Trinajstić information content (AvgIpc) is 2.69. The van der Waals surface area contributed by atoms with Crippen LogP contribution in [0.4, 0.5) is 5.69 Å². The van der Waals surface area contributed by atoms with E-state index in [-0.39, 0.29) is 11.5 Å². The van der Waals surface area contributed by atoms with Gasteiger partial charge in [-0.15, -0.1) is 0 Å². The van der Waals surface area contributed by atoms with Gasteiger partial charge >= 0.3 is 0 Å². The van der Waals surface area contributed by atoms with Gasteiger partial charge in [0.2, 0.25) is 12.2 Å². The van der Waals surface area contributed by atoms with Crippen LogP contribution in [0.25, 0.3) is 11.4 Å². The van der Waals surface area contributed by atoms with Crippen molar-refractivity contribution in [2.45, 2.75) is 0 Å². The molecule has 2 rings (SSSR count). The number of hydrogen-bond donors (Lipinski definition) is 0. The molecule has 0 aliphatic heterocycles. The zero-order chi connectivity index (χ0) is 10.8. The summed E-state index contributed by atoms with van der Waals surface area (Å²) < 4.78 is 5.26. The molecule has 7 heteroatoms. The Morgan fingerprint density at radius 1 is 1.47 bits per heavy atom. The maximum Gasteiger partial charge on any atom is 0.280 e. The first-order valence-corrected chi connectivity index (χ1v) is 4.68. The molecule has 1 heterocycles. The van der Waals surface area contributed by atoms with E-state index in [4.69, 9.17) is 0 Å². The summed E-state index contributed by atoms with van der Waals surface area (Å²) in [5.74, 6) is 0.197. The Hall–Kier alpha value is -1.76. The molecule has 0 spiro atoms. The summed E-state index contributed by atoms with van der Waals surface area (Å²) in [6, 6.07) is 4.54. The van der Waals surface area contributed by atoms with Crippen LogP contribution >= 0.6 is 15.9 Å². The second-order valence-corrected chi connectivity index (χ2v) is 3.59. The Labute approximate surface area is 92.2 Å². The topological polar surface area (TPSA) is 82.1 Å².